The Morgan fingerprint density at radius 1 is 1.04 bits per heavy atom. The molecule has 0 bridgehead atoms. The predicted molar refractivity (Wildman–Crippen MR) is 100 cm³/mol. The summed E-state index contributed by atoms with van der Waals surface area (Å²) in [6.07, 6.45) is 0. The van der Waals surface area contributed by atoms with E-state index in [2.05, 4.69) is 24.0 Å². The number of hydrogen-bond acceptors (Lipinski definition) is 5. The van der Waals surface area contributed by atoms with Crippen molar-refractivity contribution < 1.29 is 0 Å². The molecule has 0 atom stereocenters. The number of aryl methyl sites for hydroxylation is 1. The number of benzene rings is 1. The van der Waals surface area contributed by atoms with E-state index in [-0.39, 0.29) is 5.56 Å². The highest BCUT2D eigenvalue weighted by Crippen LogP contribution is 2.18. The molecule has 0 N–H and O–H groups in total. The summed E-state index contributed by atoms with van der Waals surface area (Å²) in [7, 11) is 3.01. The van der Waals surface area contributed by atoms with Crippen molar-refractivity contribution in [2.75, 3.05) is 31.1 Å². The Balaban J connectivity index is 1.81. The predicted octanol–water partition coefficient (Wildman–Crippen LogP) is 0.586. The van der Waals surface area contributed by atoms with Crippen LogP contribution >= 0.6 is 0 Å². The largest absolute Gasteiger partial charge is 0.354 e. The van der Waals surface area contributed by atoms with Crippen molar-refractivity contribution in [3.05, 3.63) is 61.8 Å². The Bertz CT molecular complexity index is 975. The summed E-state index contributed by atoms with van der Waals surface area (Å²) in [5.41, 5.74) is 1.66. The lowest BCUT2D eigenvalue weighted by atomic mass is 10.1. The molecule has 1 aliphatic heterocycles. The molecular formula is C19H23N5O2. The molecule has 26 heavy (non-hydrogen) atoms. The van der Waals surface area contributed by atoms with Gasteiger partial charge in [-0.3, -0.25) is 18.8 Å². The van der Waals surface area contributed by atoms with Gasteiger partial charge in [-0.1, -0.05) is 24.3 Å². The molecule has 2 heterocycles. The Hall–Kier alpha value is -2.85. The van der Waals surface area contributed by atoms with Crippen molar-refractivity contribution in [2.24, 2.45) is 14.1 Å². The van der Waals surface area contributed by atoms with E-state index in [0.717, 1.165) is 24.2 Å². The normalized spacial score (nSPS) is 15.1. The second-order valence-electron chi connectivity index (χ2n) is 6.71. The zero-order valence-corrected chi connectivity index (χ0v) is 15.4. The maximum atomic E-state index is 12.3. The van der Waals surface area contributed by atoms with Gasteiger partial charge in [0.05, 0.1) is 0 Å². The molecule has 0 radical (unpaired) electrons. The number of nitrogens with zero attached hydrogens (tertiary/aromatic N) is 5. The van der Waals surface area contributed by atoms with Crippen molar-refractivity contribution in [1.82, 2.24) is 14.0 Å². The van der Waals surface area contributed by atoms with E-state index in [4.69, 9.17) is 0 Å². The van der Waals surface area contributed by atoms with E-state index < -0.39 is 11.2 Å². The van der Waals surface area contributed by atoms with Crippen LogP contribution in [0.1, 0.15) is 16.7 Å². The SMILES string of the molecule is Cc1ccccc1CN1CCN(c2c(C#N)c(=O)n(C)c(=O)n2C)CC1. The van der Waals surface area contributed by atoms with Gasteiger partial charge in [0.15, 0.2) is 5.56 Å². The zero-order valence-electron chi connectivity index (χ0n) is 15.4. The average molecular weight is 353 g/mol. The number of rotatable bonds is 3. The minimum absolute atomic E-state index is 0.0296. The van der Waals surface area contributed by atoms with Gasteiger partial charge in [-0.2, -0.15) is 5.26 Å². The molecule has 0 unspecified atom stereocenters. The summed E-state index contributed by atoms with van der Waals surface area (Å²) < 4.78 is 2.38. The number of aromatic nitrogens is 2. The van der Waals surface area contributed by atoms with Crippen molar-refractivity contribution >= 4 is 5.82 Å². The van der Waals surface area contributed by atoms with Crippen molar-refractivity contribution in [2.45, 2.75) is 13.5 Å². The fourth-order valence-electron chi connectivity index (χ4n) is 3.45. The summed E-state index contributed by atoms with van der Waals surface area (Å²) in [5, 5.41) is 9.43. The van der Waals surface area contributed by atoms with E-state index in [1.165, 1.54) is 22.7 Å². The summed E-state index contributed by atoms with van der Waals surface area (Å²) in [6, 6.07) is 10.3. The molecule has 136 valence electrons. The molecule has 3 rings (SSSR count). The van der Waals surface area contributed by atoms with Gasteiger partial charge >= 0.3 is 5.69 Å². The molecule has 7 heteroatoms. The minimum atomic E-state index is -0.534. The Labute approximate surface area is 152 Å². The van der Waals surface area contributed by atoms with Gasteiger partial charge < -0.3 is 4.90 Å². The Morgan fingerprint density at radius 3 is 2.31 bits per heavy atom. The van der Waals surface area contributed by atoms with Crippen molar-refractivity contribution in [1.29, 1.82) is 5.26 Å². The fraction of sp³-hybridized carbons (Fsp3) is 0.421. The summed E-state index contributed by atoms with van der Waals surface area (Å²) in [6.45, 7) is 5.94. The molecule has 0 aliphatic carbocycles. The summed E-state index contributed by atoms with van der Waals surface area (Å²) >= 11 is 0. The van der Waals surface area contributed by atoms with Crippen molar-refractivity contribution in [3.8, 4) is 6.07 Å². The van der Waals surface area contributed by atoms with E-state index in [0.29, 0.717) is 18.9 Å². The first-order valence-electron chi connectivity index (χ1n) is 8.66. The highest BCUT2D eigenvalue weighted by molar-refractivity contribution is 5.53. The molecule has 1 aromatic heterocycles. The van der Waals surface area contributed by atoms with E-state index in [1.54, 1.807) is 7.05 Å². The number of piperazine rings is 1. The summed E-state index contributed by atoms with van der Waals surface area (Å²) in [4.78, 5) is 28.8. The third-order valence-electron chi connectivity index (χ3n) is 5.07. The van der Waals surface area contributed by atoms with Crippen LogP contribution in [-0.2, 0) is 20.6 Å². The first kappa shape index (κ1) is 18.0. The van der Waals surface area contributed by atoms with E-state index >= 15 is 0 Å². The fourth-order valence-corrected chi connectivity index (χ4v) is 3.45. The number of nitriles is 1. The highest BCUT2D eigenvalue weighted by Gasteiger charge is 2.24. The van der Waals surface area contributed by atoms with Crippen LogP contribution in [0.5, 0.6) is 0 Å². The van der Waals surface area contributed by atoms with E-state index in [1.807, 2.05) is 23.1 Å². The summed E-state index contributed by atoms with van der Waals surface area (Å²) in [5.74, 6) is 0.427. The molecule has 0 spiro atoms. The topological polar surface area (TPSA) is 74.3 Å². The first-order chi connectivity index (χ1) is 12.4. The quantitative estimate of drug-likeness (QED) is 0.807. The maximum Gasteiger partial charge on any atom is 0.332 e. The molecule has 7 nitrogen and oxygen atoms in total. The van der Waals surface area contributed by atoms with Crippen LogP contribution in [-0.4, -0.2) is 40.2 Å². The van der Waals surface area contributed by atoms with Crippen LogP contribution in [0.2, 0.25) is 0 Å². The lowest BCUT2D eigenvalue weighted by molar-refractivity contribution is 0.248. The molecule has 1 aromatic carbocycles. The van der Waals surface area contributed by atoms with Gasteiger partial charge in [0.2, 0.25) is 0 Å². The average Bonchev–Trinajstić information content (AvgIpc) is 2.65. The lowest BCUT2D eigenvalue weighted by Crippen LogP contribution is -2.50. The smallest absolute Gasteiger partial charge is 0.332 e. The second-order valence-corrected chi connectivity index (χ2v) is 6.71. The second kappa shape index (κ2) is 7.18. The highest BCUT2D eigenvalue weighted by atomic mass is 16.2. The zero-order chi connectivity index (χ0) is 18.8. The van der Waals surface area contributed by atoms with Gasteiger partial charge in [0.1, 0.15) is 11.9 Å². The third kappa shape index (κ3) is 3.16. The Kier molecular flexibility index (Phi) is 4.96. The third-order valence-corrected chi connectivity index (χ3v) is 5.07. The van der Waals surface area contributed by atoms with Crippen LogP contribution in [0.4, 0.5) is 5.82 Å². The van der Waals surface area contributed by atoms with Gasteiger partial charge in [-0.15, -0.1) is 0 Å². The van der Waals surface area contributed by atoms with Crippen LogP contribution < -0.4 is 16.1 Å². The van der Waals surface area contributed by atoms with E-state index in [9.17, 15) is 14.9 Å². The molecule has 0 saturated carbocycles. The Morgan fingerprint density at radius 2 is 1.69 bits per heavy atom. The molecule has 2 aromatic rings. The standard InChI is InChI=1S/C19H23N5O2/c1-14-6-4-5-7-15(14)13-23-8-10-24(11-9-23)17-16(12-20)18(25)22(3)19(26)21(17)2/h4-7H,8-11,13H2,1-3H3. The van der Waals surface area contributed by atoms with Gasteiger partial charge in [0, 0.05) is 46.8 Å². The molecule has 0 amide bonds. The lowest BCUT2D eigenvalue weighted by Gasteiger charge is -2.37. The van der Waals surface area contributed by atoms with Crippen LogP contribution in [0.25, 0.3) is 0 Å². The molecule has 1 saturated heterocycles. The van der Waals surface area contributed by atoms with Crippen LogP contribution in [0.3, 0.4) is 0 Å². The van der Waals surface area contributed by atoms with Gasteiger partial charge in [-0.25, -0.2) is 4.79 Å². The number of hydrogen-bond donors (Lipinski definition) is 0. The van der Waals surface area contributed by atoms with Crippen LogP contribution in [0.15, 0.2) is 33.9 Å². The van der Waals surface area contributed by atoms with Gasteiger partial charge in [0.25, 0.3) is 5.56 Å². The number of anilines is 1. The molecule has 1 aliphatic rings. The first-order valence-corrected chi connectivity index (χ1v) is 8.66. The maximum absolute atomic E-state index is 12.3. The monoisotopic (exact) mass is 353 g/mol. The molecular weight excluding hydrogens is 330 g/mol. The van der Waals surface area contributed by atoms with Crippen molar-refractivity contribution in [3.63, 3.8) is 0 Å². The van der Waals surface area contributed by atoms with Crippen LogP contribution in [0, 0.1) is 18.3 Å². The van der Waals surface area contributed by atoms with Gasteiger partial charge in [-0.05, 0) is 18.1 Å². The minimum Gasteiger partial charge on any atom is -0.354 e. The molecule has 1 fully saturated rings.